The van der Waals surface area contributed by atoms with E-state index in [0.717, 1.165) is 0 Å². The van der Waals surface area contributed by atoms with Crippen LogP contribution < -0.4 is 0 Å². The van der Waals surface area contributed by atoms with E-state index >= 15 is 0 Å². The molecule has 1 fully saturated rings. The fourth-order valence-electron chi connectivity index (χ4n) is 1.81. The fourth-order valence-corrected chi connectivity index (χ4v) is 1.81. The average molecular weight is 217 g/mol. The smallest absolute Gasteiger partial charge is 0.242 e. The van der Waals surface area contributed by atoms with E-state index in [1.54, 1.807) is 6.92 Å². The molecule has 0 amide bonds. The van der Waals surface area contributed by atoms with Crippen molar-refractivity contribution in [2.75, 3.05) is 13.1 Å². The number of aromatic nitrogens is 2. The molecule has 0 saturated carbocycles. The van der Waals surface area contributed by atoms with E-state index in [4.69, 9.17) is 4.52 Å². The van der Waals surface area contributed by atoms with E-state index in [-0.39, 0.29) is 0 Å². The Hall–Kier alpha value is -1.04. The Kier molecular flexibility index (Phi) is 2.95. The first kappa shape index (κ1) is 10.5. The Labute approximate surface area is 86.3 Å². The topological polar surface area (TPSA) is 42.2 Å². The van der Waals surface area contributed by atoms with E-state index < -0.39 is 12.3 Å². The van der Waals surface area contributed by atoms with Crippen LogP contribution >= 0.6 is 0 Å². The summed E-state index contributed by atoms with van der Waals surface area (Å²) in [6, 6.07) is 0. The Morgan fingerprint density at radius 3 is 2.93 bits per heavy atom. The molecule has 6 heteroatoms. The number of rotatable bonds is 3. The first-order valence-electron chi connectivity index (χ1n) is 4.95. The van der Waals surface area contributed by atoms with Gasteiger partial charge in [0.05, 0.1) is 6.54 Å². The molecule has 2 heterocycles. The molecular formula is C9H13F2N3O. The average Bonchev–Trinajstić information content (AvgIpc) is 2.76. The monoisotopic (exact) mass is 217 g/mol. The van der Waals surface area contributed by atoms with Crippen molar-refractivity contribution in [2.45, 2.75) is 26.3 Å². The van der Waals surface area contributed by atoms with Crippen LogP contribution in [-0.2, 0) is 6.54 Å². The van der Waals surface area contributed by atoms with Crippen LogP contribution in [0.4, 0.5) is 8.78 Å². The van der Waals surface area contributed by atoms with Crippen LogP contribution in [-0.4, -0.2) is 34.6 Å². The molecule has 1 aliphatic rings. The maximum atomic E-state index is 12.4. The van der Waals surface area contributed by atoms with Gasteiger partial charge in [-0.2, -0.15) is 4.98 Å². The highest BCUT2D eigenvalue weighted by atomic mass is 19.3. The third-order valence-electron chi connectivity index (χ3n) is 2.59. The summed E-state index contributed by atoms with van der Waals surface area (Å²) in [4.78, 5) is 5.96. The lowest BCUT2D eigenvalue weighted by atomic mass is 10.1. The third kappa shape index (κ3) is 2.50. The predicted molar refractivity (Wildman–Crippen MR) is 48.4 cm³/mol. The van der Waals surface area contributed by atoms with Gasteiger partial charge >= 0.3 is 0 Å². The molecule has 1 atom stereocenters. The second-order valence-corrected chi connectivity index (χ2v) is 3.85. The minimum absolute atomic E-state index is 0.416. The van der Waals surface area contributed by atoms with Crippen LogP contribution in [0.15, 0.2) is 4.52 Å². The van der Waals surface area contributed by atoms with Gasteiger partial charge in [0.1, 0.15) is 0 Å². The SMILES string of the molecule is Cc1noc(CN2CCC(C(F)F)C2)n1. The van der Waals surface area contributed by atoms with Crippen molar-refractivity contribution in [1.29, 1.82) is 0 Å². The standard InChI is InChI=1S/C9H13F2N3O/c1-6-12-8(15-13-6)5-14-3-2-7(4-14)9(10)11/h7,9H,2-5H2,1H3. The van der Waals surface area contributed by atoms with Crippen molar-refractivity contribution in [3.8, 4) is 0 Å². The third-order valence-corrected chi connectivity index (χ3v) is 2.59. The summed E-state index contributed by atoms with van der Waals surface area (Å²) in [5.74, 6) is 0.575. The zero-order valence-corrected chi connectivity index (χ0v) is 8.49. The lowest BCUT2D eigenvalue weighted by molar-refractivity contribution is 0.0794. The van der Waals surface area contributed by atoms with E-state index in [1.807, 2.05) is 4.90 Å². The normalized spacial score (nSPS) is 22.8. The van der Waals surface area contributed by atoms with Crippen LogP contribution in [0.3, 0.4) is 0 Å². The van der Waals surface area contributed by atoms with Crippen molar-refractivity contribution < 1.29 is 13.3 Å². The molecular weight excluding hydrogens is 204 g/mol. The second kappa shape index (κ2) is 4.22. The Morgan fingerprint density at radius 1 is 1.60 bits per heavy atom. The number of nitrogens with zero attached hydrogens (tertiary/aromatic N) is 3. The fraction of sp³-hybridized carbons (Fsp3) is 0.778. The number of hydrogen-bond donors (Lipinski definition) is 0. The molecule has 1 aromatic rings. The summed E-state index contributed by atoms with van der Waals surface area (Å²) >= 11 is 0. The molecule has 2 rings (SSSR count). The summed E-state index contributed by atoms with van der Waals surface area (Å²) in [6.07, 6.45) is -1.68. The molecule has 4 nitrogen and oxygen atoms in total. The highest BCUT2D eigenvalue weighted by molar-refractivity contribution is 4.85. The summed E-state index contributed by atoms with van der Waals surface area (Å²) in [6.45, 7) is 3.30. The van der Waals surface area contributed by atoms with Gasteiger partial charge in [0.25, 0.3) is 0 Å². The van der Waals surface area contributed by atoms with Crippen LogP contribution in [0.25, 0.3) is 0 Å². The second-order valence-electron chi connectivity index (χ2n) is 3.85. The maximum absolute atomic E-state index is 12.4. The van der Waals surface area contributed by atoms with Crippen LogP contribution in [0.1, 0.15) is 18.1 Å². The molecule has 0 bridgehead atoms. The Morgan fingerprint density at radius 2 is 2.40 bits per heavy atom. The van der Waals surface area contributed by atoms with Crippen molar-refractivity contribution in [3.05, 3.63) is 11.7 Å². The van der Waals surface area contributed by atoms with E-state index in [9.17, 15) is 8.78 Å². The largest absolute Gasteiger partial charge is 0.338 e. The van der Waals surface area contributed by atoms with Gasteiger partial charge in [0.15, 0.2) is 5.82 Å². The maximum Gasteiger partial charge on any atom is 0.242 e. The molecule has 84 valence electrons. The van der Waals surface area contributed by atoms with Gasteiger partial charge in [-0.1, -0.05) is 5.16 Å². The van der Waals surface area contributed by atoms with E-state index in [2.05, 4.69) is 10.1 Å². The Bertz CT molecular complexity index is 329. The number of aryl methyl sites for hydroxylation is 1. The summed E-state index contributed by atoms with van der Waals surface area (Å²) in [5, 5.41) is 3.65. The van der Waals surface area contributed by atoms with Crippen LogP contribution in [0, 0.1) is 12.8 Å². The van der Waals surface area contributed by atoms with Crippen molar-refractivity contribution in [2.24, 2.45) is 5.92 Å². The van der Waals surface area contributed by atoms with Crippen molar-refractivity contribution >= 4 is 0 Å². The highest BCUT2D eigenvalue weighted by Gasteiger charge is 2.30. The first-order chi connectivity index (χ1) is 7.15. The molecule has 1 saturated heterocycles. The lowest BCUT2D eigenvalue weighted by Crippen LogP contribution is -2.22. The van der Waals surface area contributed by atoms with Gasteiger partial charge in [-0.3, -0.25) is 4.90 Å². The summed E-state index contributed by atoms with van der Waals surface area (Å²) in [7, 11) is 0. The summed E-state index contributed by atoms with van der Waals surface area (Å²) in [5.41, 5.74) is 0. The minimum Gasteiger partial charge on any atom is -0.338 e. The lowest BCUT2D eigenvalue weighted by Gasteiger charge is -2.12. The van der Waals surface area contributed by atoms with Crippen LogP contribution in [0.5, 0.6) is 0 Å². The molecule has 0 N–H and O–H groups in total. The van der Waals surface area contributed by atoms with Crippen molar-refractivity contribution in [3.63, 3.8) is 0 Å². The zero-order chi connectivity index (χ0) is 10.8. The molecule has 0 radical (unpaired) electrons. The zero-order valence-electron chi connectivity index (χ0n) is 8.49. The van der Waals surface area contributed by atoms with Gasteiger partial charge in [0, 0.05) is 12.5 Å². The molecule has 1 aliphatic heterocycles. The molecule has 15 heavy (non-hydrogen) atoms. The number of halogens is 2. The summed E-state index contributed by atoms with van der Waals surface area (Å²) < 4.78 is 29.7. The highest BCUT2D eigenvalue weighted by Crippen LogP contribution is 2.23. The van der Waals surface area contributed by atoms with Gasteiger partial charge < -0.3 is 4.52 Å². The quantitative estimate of drug-likeness (QED) is 0.768. The number of likely N-dealkylation sites (tertiary alicyclic amines) is 1. The molecule has 0 aliphatic carbocycles. The molecule has 0 spiro atoms. The van der Waals surface area contributed by atoms with E-state index in [1.165, 1.54) is 0 Å². The molecule has 1 unspecified atom stereocenters. The predicted octanol–water partition coefficient (Wildman–Crippen LogP) is 1.47. The van der Waals surface area contributed by atoms with Gasteiger partial charge in [0.2, 0.25) is 12.3 Å². The molecule has 0 aromatic carbocycles. The number of alkyl halides is 2. The van der Waals surface area contributed by atoms with Gasteiger partial charge in [-0.15, -0.1) is 0 Å². The first-order valence-corrected chi connectivity index (χ1v) is 4.95. The van der Waals surface area contributed by atoms with Crippen LogP contribution in [0.2, 0.25) is 0 Å². The van der Waals surface area contributed by atoms with Gasteiger partial charge in [-0.25, -0.2) is 8.78 Å². The van der Waals surface area contributed by atoms with Gasteiger partial charge in [-0.05, 0) is 19.9 Å². The number of hydrogen-bond acceptors (Lipinski definition) is 4. The van der Waals surface area contributed by atoms with E-state index in [0.29, 0.717) is 37.8 Å². The minimum atomic E-state index is -2.22. The van der Waals surface area contributed by atoms with Crippen molar-refractivity contribution in [1.82, 2.24) is 15.0 Å². The molecule has 1 aromatic heterocycles. The Balaban J connectivity index is 1.87.